The third-order valence-corrected chi connectivity index (χ3v) is 3.54. The zero-order chi connectivity index (χ0) is 13.1. The van der Waals surface area contributed by atoms with Crippen molar-refractivity contribution < 1.29 is 13.5 Å². The zero-order valence-corrected chi connectivity index (χ0v) is 10.8. The van der Waals surface area contributed by atoms with Gasteiger partial charge in [0.25, 0.3) is 0 Å². The molecule has 0 bridgehead atoms. The maximum absolute atomic E-state index is 13.7. The van der Waals surface area contributed by atoms with Gasteiger partial charge in [-0.2, -0.15) is 4.39 Å². The average Bonchev–Trinajstić information content (AvgIpc) is 2.89. The first-order chi connectivity index (χ1) is 8.63. The van der Waals surface area contributed by atoms with Crippen molar-refractivity contribution in [2.75, 3.05) is 13.1 Å². The Bertz CT molecular complexity index is 417. The van der Waals surface area contributed by atoms with Gasteiger partial charge < -0.3 is 10.1 Å². The van der Waals surface area contributed by atoms with Crippen molar-refractivity contribution >= 4 is 0 Å². The summed E-state index contributed by atoms with van der Waals surface area (Å²) in [5.74, 6) is -1.29. The zero-order valence-electron chi connectivity index (χ0n) is 10.8. The van der Waals surface area contributed by atoms with Crippen LogP contribution in [-0.2, 0) is 0 Å². The van der Waals surface area contributed by atoms with Gasteiger partial charge in [-0.3, -0.25) is 0 Å². The summed E-state index contributed by atoms with van der Waals surface area (Å²) in [6.07, 6.45) is 1.76. The molecule has 1 saturated heterocycles. The Balaban J connectivity index is 2.14. The van der Waals surface area contributed by atoms with Crippen molar-refractivity contribution in [1.29, 1.82) is 0 Å². The molecule has 4 heteroatoms. The lowest BCUT2D eigenvalue weighted by atomic mass is 9.99. The summed E-state index contributed by atoms with van der Waals surface area (Å²) in [5.41, 5.74) is 0.301. The van der Waals surface area contributed by atoms with E-state index in [1.54, 1.807) is 13.0 Å². The fourth-order valence-corrected chi connectivity index (χ4v) is 2.39. The minimum atomic E-state index is -0.876. The minimum absolute atomic E-state index is 0.0249. The van der Waals surface area contributed by atoms with Crippen LogP contribution in [0, 0.1) is 24.5 Å². The van der Waals surface area contributed by atoms with Crippen molar-refractivity contribution in [2.45, 2.75) is 32.8 Å². The smallest absolute Gasteiger partial charge is 0.200 e. The van der Waals surface area contributed by atoms with E-state index >= 15 is 0 Å². The van der Waals surface area contributed by atoms with E-state index in [9.17, 15) is 8.78 Å². The lowest BCUT2D eigenvalue weighted by Crippen LogP contribution is -2.28. The molecule has 1 aliphatic rings. The van der Waals surface area contributed by atoms with Gasteiger partial charge in [0.1, 0.15) is 6.10 Å². The van der Waals surface area contributed by atoms with Crippen LogP contribution in [0.15, 0.2) is 12.1 Å². The second kappa shape index (κ2) is 5.65. The molecule has 1 fully saturated rings. The van der Waals surface area contributed by atoms with Gasteiger partial charge in [-0.1, -0.05) is 13.0 Å². The highest BCUT2D eigenvalue weighted by Gasteiger charge is 2.26. The number of hydrogen-bond donors (Lipinski definition) is 1. The molecule has 0 spiro atoms. The van der Waals surface area contributed by atoms with Crippen LogP contribution in [-0.4, -0.2) is 19.2 Å². The Morgan fingerprint density at radius 2 is 2.17 bits per heavy atom. The van der Waals surface area contributed by atoms with Gasteiger partial charge >= 0.3 is 0 Å². The van der Waals surface area contributed by atoms with Crippen molar-refractivity contribution in [3.05, 3.63) is 29.3 Å². The molecule has 2 nitrogen and oxygen atoms in total. The van der Waals surface area contributed by atoms with Gasteiger partial charge in [0.05, 0.1) is 0 Å². The molecule has 0 aromatic heterocycles. The second-order valence-corrected chi connectivity index (χ2v) is 4.83. The van der Waals surface area contributed by atoms with Crippen LogP contribution in [0.5, 0.6) is 5.75 Å². The summed E-state index contributed by atoms with van der Waals surface area (Å²) < 4.78 is 32.8. The SMILES string of the molecule is CC[C@H](Oc1ccc(C)c(F)c1F)C1CCNC1. The Labute approximate surface area is 106 Å². The van der Waals surface area contributed by atoms with E-state index in [1.165, 1.54) is 6.07 Å². The van der Waals surface area contributed by atoms with E-state index in [-0.39, 0.29) is 11.9 Å². The van der Waals surface area contributed by atoms with Crippen LogP contribution in [0.2, 0.25) is 0 Å². The van der Waals surface area contributed by atoms with Gasteiger partial charge in [0.2, 0.25) is 5.82 Å². The highest BCUT2D eigenvalue weighted by atomic mass is 19.2. The largest absolute Gasteiger partial charge is 0.487 e. The fraction of sp³-hybridized carbons (Fsp3) is 0.571. The molecule has 1 aromatic carbocycles. The Kier molecular flexibility index (Phi) is 4.17. The summed E-state index contributed by atoms with van der Waals surface area (Å²) in [5, 5.41) is 3.26. The predicted octanol–water partition coefficient (Wildman–Crippen LogP) is 3.04. The predicted molar refractivity (Wildman–Crippen MR) is 66.8 cm³/mol. The molecule has 0 amide bonds. The Morgan fingerprint density at radius 3 is 2.78 bits per heavy atom. The lowest BCUT2D eigenvalue weighted by molar-refractivity contribution is 0.131. The first-order valence-corrected chi connectivity index (χ1v) is 6.45. The van der Waals surface area contributed by atoms with Crippen LogP contribution in [0.25, 0.3) is 0 Å². The van der Waals surface area contributed by atoms with E-state index in [1.807, 2.05) is 6.92 Å². The molecule has 0 saturated carbocycles. The molecule has 0 aliphatic carbocycles. The molecule has 1 heterocycles. The lowest BCUT2D eigenvalue weighted by Gasteiger charge is -2.23. The molecule has 18 heavy (non-hydrogen) atoms. The molecule has 100 valence electrons. The summed E-state index contributed by atoms with van der Waals surface area (Å²) in [7, 11) is 0. The van der Waals surface area contributed by atoms with Gasteiger partial charge in [0, 0.05) is 12.5 Å². The van der Waals surface area contributed by atoms with Crippen LogP contribution < -0.4 is 10.1 Å². The summed E-state index contributed by atoms with van der Waals surface area (Å²) in [4.78, 5) is 0. The Morgan fingerprint density at radius 1 is 1.39 bits per heavy atom. The number of halogens is 2. The highest BCUT2D eigenvalue weighted by Crippen LogP contribution is 2.27. The van der Waals surface area contributed by atoms with E-state index in [0.29, 0.717) is 11.5 Å². The number of nitrogens with one attached hydrogen (secondary N) is 1. The first kappa shape index (κ1) is 13.3. The minimum Gasteiger partial charge on any atom is -0.487 e. The summed E-state index contributed by atoms with van der Waals surface area (Å²) in [6, 6.07) is 3.06. The number of hydrogen-bond acceptors (Lipinski definition) is 2. The van der Waals surface area contributed by atoms with Gasteiger partial charge in [-0.05, 0) is 37.9 Å². The highest BCUT2D eigenvalue weighted by molar-refractivity contribution is 5.30. The van der Waals surface area contributed by atoms with Crippen LogP contribution in [0.3, 0.4) is 0 Å². The number of ether oxygens (including phenoxy) is 1. The number of rotatable bonds is 4. The van der Waals surface area contributed by atoms with Crippen LogP contribution >= 0.6 is 0 Å². The van der Waals surface area contributed by atoms with E-state index in [2.05, 4.69) is 5.32 Å². The fourth-order valence-electron chi connectivity index (χ4n) is 2.39. The molecule has 2 atom stereocenters. The molecule has 1 N–H and O–H groups in total. The van der Waals surface area contributed by atoms with Crippen molar-refractivity contribution in [3.63, 3.8) is 0 Å². The normalized spacial score (nSPS) is 21.0. The summed E-state index contributed by atoms with van der Waals surface area (Å²) >= 11 is 0. The van der Waals surface area contributed by atoms with E-state index in [4.69, 9.17) is 4.74 Å². The molecule has 1 aliphatic heterocycles. The van der Waals surface area contributed by atoms with E-state index < -0.39 is 11.6 Å². The first-order valence-electron chi connectivity index (χ1n) is 6.45. The maximum atomic E-state index is 13.7. The summed E-state index contributed by atoms with van der Waals surface area (Å²) in [6.45, 7) is 5.40. The van der Waals surface area contributed by atoms with Crippen LogP contribution in [0.4, 0.5) is 8.78 Å². The molecule has 0 radical (unpaired) electrons. The number of aryl methyl sites for hydroxylation is 1. The van der Waals surface area contributed by atoms with E-state index in [0.717, 1.165) is 25.9 Å². The third kappa shape index (κ3) is 2.64. The third-order valence-electron chi connectivity index (χ3n) is 3.54. The van der Waals surface area contributed by atoms with Gasteiger partial charge in [0.15, 0.2) is 11.6 Å². The topological polar surface area (TPSA) is 21.3 Å². The Hall–Kier alpha value is -1.16. The monoisotopic (exact) mass is 255 g/mol. The molecule has 1 aromatic rings. The average molecular weight is 255 g/mol. The number of benzene rings is 1. The molecular formula is C14H19F2NO. The molecule has 2 rings (SSSR count). The molecular weight excluding hydrogens is 236 g/mol. The second-order valence-electron chi connectivity index (χ2n) is 4.83. The molecule has 1 unspecified atom stereocenters. The maximum Gasteiger partial charge on any atom is 0.200 e. The quantitative estimate of drug-likeness (QED) is 0.893. The van der Waals surface area contributed by atoms with Crippen molar-refractivity contribution in [3.8, 4) is 5.75 Å². The standard InChI is InChI=1S/C14H19F2NO/c1-3-11(10-6-7-17-8-10)18-12-5-4-9(2)13(15)14(12)16/h4-5,10-11,17H,3,6-8H2,1-2H3/t10?,11-/m0/s1. The van der Waals surface area contributed by atoms with Gasteiger partial charge in [-0.15, -0.1) is 0 Å². The van der Waals surface area contributed by atoms with Gasteiger partial charge in [-0.25, -0.2) is 4.39 Å². The van der Waals surface area contributed by atoms with Crippen molar-refractivity contribution in [1.82, 2.24) is 5.32 Å². The van der Waals surface area contributed by atoms with Crippen molar-refractivity contribution in [2.24, 2.45) is 5.92 Å². The van der Waals surface area contributed by atoms with Crippen LogP contribution in [0.1, 0.15) is 25.3 Å².